The van der Waals surface area contributed by atoms with Gasteiger partial charge in [-0.05, 0) is 25.6 Å². The first-order valence-electron chi connectivity index (χ1n) is 7.10. The summed E-state index contributed by atoms with van der Waals surface area (Å²) in [4.78, 5) is 18.7. The van der Waals surface area contributed by atoms with Crippen molar-refractivity contribution in [1.82, 2.24) is 15.2 Å². The number of nitrogens with one attached hydrogen (secondary N) is 1. The Balaban J connectivity index is 1.98. The highest BCUT2D eigenvalue weighted by molar-refractivity contribution is 5.79. The number of nitrogens with zero attached hydrogens (tertiary/aromatic N) is 2. The molecule has 5 heteroatoms. The summed E-state index contributed by atoms with van der Waals surface area (Å²) >= 11 is 0. The number of carbonyl (C=O) groups is 1. The zero-order chi connectivity index (χ0) is 14.5. The molecule has 5 nitrogen and oxygen atoms in total. The Morgan fingerprint density at radius 3 is 3.00 bits per heavy atom. The van der Waals surface area contributed by atoms with E-state index in [4.69, 9.17) is 4.74 Å². The van der Waals surface area contributed by atoms with Gasteiger partial charge in [-0.3, -0.25) is 9.78 Å². The Kier molecular flexibility index (Phi) is 5.09. The van der Waals surface area contributed by atoms with E-state index >= 15 is 0 Å². The minimum Gasteiger partial charge on any atom is -0.379 e. The fourth-order valence-electron chi connectivity index (χ4n) is 2.55. The number of likely N-dealkylation sites (N-methyl/N-ethyl adjacent to an activating group) is 1. The zero-order valence-electron chi connectivity index (χ0n) is 12.4. The average Bonchev–Trinajstić information content (AvgIpc) is 2.86. The predicted molar refractivity (Wildman–Crippen MR) is 77.2 cm³/mol. The van der Waals surface area contributed by atoms with Crippen LogP contribution in [0.5, 0.6) is 0 Å². The summed E-state index contributed by atoms with van der Waals surface area (Å²) in [6.45, 7) is 6.50. The van der Waals surface area contributed by atoms with Crippen LogP contribution in [-0.4, -0.2) is 48.6 Å². The lowest BCUT2D eigenvalue weighted by Crippen LogP contribution is -2.44. The topological polar surface area (TPSA) is 54.5 Å². The summed E-state index contributed by atoms with van der Waals surface area (Å²) < 4.78 is 5.44. The van der Waals surface area contributed by atoms with E-state index < -0.39 is 0 Å². The number of aryl methyl sites for hydroxylation is 1. The van der Waals surface area contributed by atoms with Crippen LogP contribution in [0.1, 0.15) is 18.3 Å². The maximum Gasteiger partial charge on any atom is 0.229 e. The van der Waals surface area contributed by atoms with Crippen molar-refractivity contribution in [2.75, 3.05) is 26.8 Å². The first kappa shape index (κ1) is 14.9. The van der Waals surface area contributed by atoms with Gasteiger partial charge in [-0.25, -0.2) is 0 Å². The van der Waals surface area contributed by atoms with E-state index in [0.29, 0.717) is 19.8 Å². The number of pyridine rings is 1. The van der Waals surface area contributed by atoms with Crippen LogP contribution in [0.25, 0.3) is 0 Å². The van der Waals surface area contributed by atoms with Crippen LogP contribution in [0.2, 0.25) is 0 Å². The molecule has 0 spiro atoms. The van der Waals surface area contributed by atoms with Crippen LogP contribution in [0.15, 0.2) is 18.2 Å². The lowest BCUT2D eigenvalue weighted by molar-refractivity contribution is -0.135. The highest BCUT2D eigenvalue weighted by Gasteiger charge is 2.35. The fraction of sp³-hybridized carbons (Fsp3) is 0.600. The first-order chi connectivity index (χ1) is 9.61. The molecule has 0 bridgehead atoms. The average molecular weight is 277 g/mol. The molecule has 1 aliphatic heterocycles. The quantitative estimate of drug-likeness (QED) is 0.871. The van der Waals surface area contributed by atoms with Crippen LogP contribution in [0, 0.1) is 12.8 Å². The SMILES string of the molecule is CCNC1COCC1C(=O)N(C)Cc1cccc(C)n1. The number of aromatic nitrogens is 1. The maximum absolute atomic E-state index is 12.5. The van der Waals surface area contributed by atoms with Gasteiger partial charge in [0.2, 0.25) is 5.91 Å². The zero-order valence-corrected chi connectivity index (χ0v) is 12.4. The van der Waals surface area contributed by atoms with E-state index in [1.807, 2.05) is 39.1 Å². The van der Waals surface area contributed by atoms with Gasteiger partial charge in [0.25, 0.3) is 0 Å². The normalized spacial score (nSPS) is 21.9. The highest BCUT2D eigenvalue weighted by Crippen LogP contribution is 2.17. The molecule has 1 N–H and O–H groups in total. The molecule has 1 aliphatic rings. The van der Waals surface area contributed by atoms with Gasteiger partial charge in [-0.1, -0.05) is 13.0 Å². The van der Waals surface area contributed by atoms with Gasteiger partial charge in [0, 0.05) is 18.8 Å². The summed E-state index contributed by atoms with van der Waals surface area (Å²) in [7, 11) is 1.83. The van der Waals surface area contributed by atoms with E-state index in [0.717, 1.165) is 17.9 Å². The smallest absolute Gasteiger partial charge is 0.229 e. The molecule has 0 aromatic carbocycles. The second-order valence-corrected chi connectivity index (χ2v) is 5.27. The van der Waals surface area contributed by atoms with Crippen molar-refractivity contribution >= 4 is 5.91 Å². The van der Waals surface area contributed by atoms with Crippen molar-refractivity contribution in [3.05, 3.63) is 29.6 Å². The first-order valence-corrected chi connectivity index (χ1v) is 7.10. The third-order valence-corrected chi connectivity index (χ3v) is 3.59. The molecule has 1 fully saturated rings. The van der Waals surface area contributed by atoms with Gasteiger partial charge in [-0.2, -0.15) is 0 Å². The molecule has 1 aromatic heterocycles. The Morgan fingerprint density at radius 2 is 2.30 bits per heavy atom. The summed E-state index contributed by atoms with van der Waals surface area (Å²) in [5.74, 6) is 0.0292. The molecule has 2 atom stereocenters. The number of ether oxygens (including phenoxy) is 1. The van der Waals surface area contributed by atoms with Crippen molar-refractivity contribution in [1.29, 1.82) is 0 Å². The molecular formula is C15H23N3O2. The molecule has 1 aromatic rings. The van der Waals surface area contributed by atoms with Crippen molar-refractivity contribution in [3.63, 3.8) is 0 Å². The van der Waals surface area contributed by atoms with E-state index in [9.17, 15) is 4.79 Å². The Bertz CT molecular complexity index is 464. The maximum atomic E-state index is 12.5. The number of hydrogen-bond acceptors (Lipinski definition) is 4. The van der Waals surface area contributed by atoms with Crippen molar-refractivity contribution in [2.45, 2.75) is 26.4 Å². The Hall–Kier alpha value is -1.46. The molecule has 2 rings (SSSR count). The molecule has 1 amide bonds. The van der Waals surface area contributed by atoms with E-state index in [1.54, 1.807) is 4.90 Å². The van der Waals surface area contributed by atoms with Crippen LogP contribution in [0.3, 0.4) is 0 Å². The molecule has 20 heavy (non-hydrogen) atoms. The van der Waals surface area contributed by atoms with Gasteiger partial charge in [0.1, 0.15) is 0 Å². The Morgan fingerprint density at radius 1 is 1.50 bits per heavy atom. The highest BCUT2D eigenvalue weighted by atomic mass is 16.5. The second-order valence-electron chi connectivity index (χ2n) is 5.27. The van der Waals surface area contributed by atoms with Gasteiger partial charge in [0.05, 0.1) is 31.4 Å². The van der Waals surface area contributed by atoms with Crippen molar-refractivity contribution in [2.24, 2.45) is 5.92 Å². The van der Waals surface area contributed by atoms with Gasteiger partial charge in [-0.15, -0.1) is 0 Å². The van der Waals surface area contributed by atoms with Crippen LogP contribution in [-0.2, 0) is 16.1 Å². The van der Waals surface area contributed by atoms with Crippen LogP contribution in [0.4, 0.5) is 0 Å². The van der Waals surface area contributed by atoms with Crippen molar-refractivity contribution < 1.29 is 9.53 Å². The molecule has 0 radical (unpaired) electrons. The molecule has 0 aliphatic carbocycles. The molecular weight excluding hydrogens is 254 g/mol. The number of hydrogen-bond donors (Lipinski definition) is 1. The monoisotopic (exact) mass is 277 g/mol. The minimum absolute atomic E-state index is 0.0928. The lowest BCUT2D eigenvalue weighted by Gasteiger charge is -2.24. The van der Waals surface area contributed by atoms with Gasteiger partial charge >= 0.3 is 0 Å². The molecule has 110 valence electrons. The van der Waals surface area contributed by atoms with Gasteiger partial charge in [0.15, 0.2) is 0 Å². The molecule has 2 heterocycles. The fourth-order valence-corrected chi connectivity index (χ4v) is 2.55. The molecule has 1 saturated heterocycles. The number of amides is 1. The second kappa shape index (κ2) is 6.81. The largest absolute Gasteiger partial charge is 0.379 e. The summed E-state index contributed by atoms with van der Waals surface area (Å²) in [6, 6.07) is 6.00. The van der Waals surface area contributed by atoms with E-state index in [1.165, 1.54) is 0 Å². The third kappa shape index (κ3) is 3.55. The predicted octanol–water partition coefficient (Wildman–Crippen LogP) is 0.973. The lowest BCUT2D eigenvalue weighted by atomic mass is 10.0. The van der Waals surface area contributed by atoms with Crippen LogP contribution >= 0.6 is 0 Å². The number of rotatable bonds is 5. The summed E-state index contributed by atoms with van der Waals surface area (Å²) in [6.07, 6.45) is 0. The molecule has 2 unspecified atom stereocenters. The molecule has 0 saturated carbocycles. The van der Waals surface area contributed by atoms with Gasteiger partial charge < -0.3 is 15.0 Å². The van der Waals surface area contributed by atoms with E-state index in [-0.39, 0.29) is 17.9 Å². The van der Waals surface area contributed by atoms with E-state index in [2.05, 4.69) is 10.3 Å². The number of carbonyl (C=O) groups excluding carboxylic acids is 1. The third-order valence-electron chi connectivity index (χ3n) is 3.59. The standard InChI is InChI=1S/C15H23N3O2/c1-4-16-14-10-20-9-13(14)15(19)18(3)8-12-7-5-6-11(2)17-12/h5-7,13-14,16H,4,8-10H2,1-3H3. The summed E-state index contributed by atoms with van der Waals surface area (Å²) in [5.41, 5.74) is 1.89. The van der Waals surface area contributed by atoms with Crippen molar-refractivity contribution in [3.8, 4) is 0 Å². The summed E-state index contributed by atoms with van der Waals surface area (Å²) in [5, 5.41) is 3.32. The minimum atomic E-state index is -0.0928. The Labute approximate surface area is 120 Å². The van der Waals surface area contributed by atoms with Crippen LogP contribution < -0.4 is 5.32 Å².